The summed E-state index contributed by atoms with van der Waals surface area (Å²) in [4.78, 5) is 0. The van der Waals surface area contributed by atoms with Gasteiger partial charge in [0.1, 0.15) is 6.10 Å². The summed E-state index contributed by atoms with van der Waals surface area (Å²) in [6, 6.07) is 5.50. The second-order valence-corrected chi connectivity index (χ2v) is 4.02. The lowest BCUT2D eigenvalue weighted by atomic mass is 10.1. The summed E-state index contributed by atoms with van der Waals surface area (Å²) in [5.41, 5.74) is 1.87. The fourth-order valence-corrected chi connectivity index (χ4v) is 1.40. The molecule has 1 unspecified atom stereocenters. The Morgan fingerprint density at radius 3 is 2.69 bits per heavy atom. The number of nitrogens with one attached hydrogen (secondary N) is 1. The number of aliphatic hydroxyl groups excluding tert-OH is 1. The molecular formula is C11H14ClF2NO. The topological polar surface area (TPSA) is 32.3 Å². The second-order valence-electron chi connectivity index (χ2n) is 3.62. The molecule has 2 N–H and O–H groups in total. The summed E-state index contributed by atoms with van der Waals surface area (Å²) < 4.78 is 23.9. The van der Waals surface area contributed by atoms with Crippen LogP contribution in [0.15, 0.2) is 18.2 Å². The molecule has 5 heteroatoms. The van der Waals surface area contributed by atoms with Gasteiger partial charge in [0.05, 0.1) is 0 Å². The van der Waals surface area contributed by atoms with E-state index in [2.05, 4.69) is 5.32 Å². The summed E-state index contributed by atoms with van der Waals surface area (Å²) in [6.07, 6.45) is -4.34. The third-order valence-corrected chi connectivity index (χ3v) is 2.62. The first kappa shape index (κ1) is 13.4. The van der Waals surface area contributed by atoms with Crippen molar-refractivity contribution < 1.29 is 13.9 Å². The van der Waals surface area contributed by atoms with Crippen LogP contribution in [0.25, 0.3) is 0 Å². The maximum absolute atomic E-state index is 12.0. The number of aryl methyl sites for hydroxylation is 1. The molecule has 0 spiro atoms. The maximum atomic E-state index is 12.0. The van der Waals surface area contributed by atoms with E-state index in [4.69, 9.17) is 16.7 Å². The van der Waals surface area contributed by atoms with Crippen molar-refractivity contribution in [2.45, 2.75) is 26.0 Å². The van der Waals surface area contributed by atoms with Gasteiger partial charge in [-0.1, -0.05) is 23.7 Å². The Morgan fingerprint density at radius 1 is 1.44 bits per heavy atom. The van der Waals surface area contributed by atoms with Crippen molar-refractivity contribution in [2.75, 3.05) is 6.54 Å². The van der Waals surface area contributed by atoms with E-state index in [1.54, 1.807) is 6.07 Å². The van der Waals surface area contributed by atoms with E-state index in [0.29, 0.717) is 11.6 Å². The van der Waals surface area contributed by atoms with Crippen LogP contribution in [0.4, 0.5) is 8.78 Å². The number of alkyl halides is 2. The number of rotatable bonds is 5. The quantitative estimate of drug-likeness (QED) is 0.840. The molecule has 1 atom stereocenters. The van der Waals surface area contributed by atoms with Gasteiger partial charge in [-0.3, -0.25) is 0 Å². The molecule has 16 heavy (non-hydrogen) atoms. The van der Waals surface area contributed by atoms with Gasteiger partial charge in [-0.2, -0.15) is 0 Å². The van der Waals surface area contributed by atoms with E-state index < -0.39 is 12.5 Å². The van der Waals surface area contributed by atoms with Gasteiger partial charge in [-0.25, -0.2) is 8.78 Å². The van der Waals surface area contributed by atoms with Crippen molar-refractivity contribution >= 4 is 11.6 Å². The highest BCUT2D eigenvalue weighted by atomic mass is 35.5. The van der Waals surface area contributed by atoms with Crippen LogP contribution in [-0.4, -0.2) is 24.2 Å². The molecule has 90 valence electrons. The average Bonchev–Trinajstić information content (AvgIpc) is 2.23. The normalized spacial score (nSPS) is 13.1. The minimum absolute atomic E-state index is 0.136. The Hall–Kier alpha value is -0.710. The molecule has 0 aromatic heterocycles. The maximum Gasteiger partial charge on any atom is 0.265 e. The Labute approximate surface area is 98.2 Å². The zero-order valence-electron chi connectivity index (χ0n) is 8.88. The van der Waals surface area contributed by atoms with Gasteiger partial charge < -0.3 is 10.4 Å². The van der Waals surface area contributed by atoms with E-state index in [0.717, 1.165) is 11.1 Å². The lowest BCUT2D eigenvalue weighted by Crippen LogP contribution is -2.31. The first-order valence-electron chi connectivity index (χ1n) is 4.92. The first-order chi connectivity index (χ1) is 7.50. The number of hydrogen-bond acceptors (Lipinski definition) is 2. The van der Waals surface area contributed by atoms with Crippen molar-refractivity contribution in [2.24, 2.45) is 0 Å². The minimum Gasteiger partial charge on any atom is -0.386 e. The molecule has 1 rings (SSSR count). The molecule has 0 bridgehead atoms. The van der Waals surface area contributed by atoms with E-state index in [1.165, 1.54) is 0 Å². The fourth-order valence-electron chi connectivity index (χ4n) is 1.20. The monoisotopic (exact) mass is 249 g/mol. The molecule has 0 aliphatic carbocycles. The zero-order chi connectivity index (χ0) is 12.1. The van der Waals surface area contributed by atoms with Gasteiger partial charge in [0.15, 0.2) is 0 Å². The van der Waals surface area contributed by atoms with Gasteiger partial charge in [0, 0.05) is 18.1 Å². The molecule has 0 saturated heterocycles. The summed E-state index contributed by atoms with van der Waals surface area (Å²) in [5.74, 6) is 0. The molecule has 0 amide bonds. The summed E-state index contributed by atoms with van der Waals surface area (Å²) in [5, 5.41) is 12.3. The number of hydrogen-bond donors (Lipinski definition) is 2. The van der Waals surface area contributed by atoms with Crippen molar-refractivity contribution in [3.63, 3.8) is 0 Å². The zero-order valence-corrected chi connectivity index (χ0v) is 9.64. The third kappa shape index (κ3) is 4.04. The summed E-state index contributed by atoms with van der Waals surface area (Å²) >= 11 is 5.91. The Balaban J connectivity index is 2.40. The molecule has 2 nitrogen and oxygen atoms in total. The van der Waals surface area contributed by atoms with Gasteiger partial charge in [0.2, 0.25) is 0 Å². The molecule has 1 aromatic rings. The second kappa shape index (κ2) is 6.13. The average molecular weight is 250 g/mol. The van der Waals surface area contributed by atoms with Crippen molar-refractivity contribution in [3.8, 4) is 0 Å². The third-order valence-electron chi connectivity index (χ3n) is 2.21. The van der Waals surface area contributed by atoms with Crippen LogP contribution in [0.1, 0.15) is 11.1 Å². The smallest absolute Gasteiger partial charge is 0.265 e. The van der Waals surface area contributed by atoms with Crippen molar-refractivity contribution in [1.82, 2.24) is 5.32 Å². The van der Waals surface area contributed by atoms with Crippen LogP contribution >= 0.6 is 11.6 Å². The summed E-state index contributed by atoms with van der Waals surface area (Å²) in [7, 11) is 0. The van der Waals surface area contributed by atoms with E-state index in [1.807, 2.05) is 19.1 Å². The van der Waals surface area contributed by atoms with Crippen molar-refractivity contribution in [1.29, 1.82) is 0 Å². The molecule has 1 aromatic carbocycles. The number of aliphatic hydroxyl groups is 1. The lowest BCUT2D eigenvalue weighted by Gasteiger charge is -2.11. The van der Waals surface area contributed by atoms with Crippen LogP contribution in [0.3, 0.4) is 0 Å². The highest BCUT2D eigenvalue weighted by molar-refractivity contribution is 6.31. The Kier molecular flexibility index (Phi) is 5.12. The largest absolute Gasteiger partial charge is 0.386 e. The Bertz CT molecular complexity index is 347. The van der Waals surface area contributed by atoms with E-state index in [9.17, 15) is 8.78 Å². The lowest BCUT2D eigenvalue weighted by molar-refractivity contribution is -0.00340. The molecule has 0 fully saturated rings. The summed E-state index contributed by atoms with van der Waals surface area (Å²) in [6.45, 7) is 2.16. The molecular weight excluding hydrogens is 236 g/mol. The predicted octanol–water partition coefficient (Wildman–Crippen LogP) is 2.36. The highest BCUT2D eigenvalue weighted by Crippen LogP contribution is 2.16. The van der Waals surface area contributed by atoms with E-state index in [-0.39, 0.29) is 6.54 Å². The SMILES string of the molecule is Cc1ccc(CNCC(O)C(F)F)cc1Cl. The van der Waals surface area contributed by atoms with Gasteiger partial charge >= 0.3 is 0 Å². The first-order valence-corrected chi connectivity index (χ1v) is 5.30. The van der Waals surface area contributed by atoms with Gasteiger partial charge in [-0.05, 0) is 24.1 Å². The van der Waals surface area contributed by atoms with Crippen LogP contribution < -0.4 is 5.32 Å². The molecule has 0 aliphatic heterocycles. The van der Waals surface area contributed by atoms with E-state index >= 15 is 0 Å². The Morgan fingerprint density at radius 2 is 2.12 bits per heavy atom. The van der Waals surface area contributed by atoms with Crippen LogP contribution in [0.2, 0.25) is 5.02 Å². The van der Waals surface area contributed by atoms with Gasteiger partial charge in [0.25, 0.3) is 6.43 Å². The molecule has 0 radical (unpaired) electrons. The molecule has 0 saturated carbocycles. The fraction of sp³-hybridized carbons (Fsp3) is 0.455. The van der Waals surface area contributed by atoms with Crippen LogP contribution in [-0.2, 0) is 6.54 Å². The van der Waals surface area contributed by atoms with Crippen LogP contribution in [0, 0.1) is 6.92 Å². The number of benzene rings is 1. The minimum atomic E-state index is -2.71. The predicted molar refractivity (Wildman–Crippen MR) is 59.9 cm³/mol. The number of halogens is 3. The standard InChI is InChI=1S/C11H14ClF2NO/c1-7-2-3-8(4-9(7)12)5-15-6-10(16)11(13)14/h2-4,10-11,15-16H,5-6H2,1H3. The molecule has 0 heterocycles. The van der Waals surface area contributed by atoms with Crippen LogP contribution in [0.5, 0.6) is 0 Å². The molecule has 0 aliphatic rings. The van der Waals surface area contributed by atoms with Gasteiger partial charge in [-0.15, -0.1) is 0 Å². The highest BCUT2D eigenvalue weighted by Gasteiger charge is 2.15. The van der Waals surface area contributed by atoms with Crippen molar-refractivity contribution in [3.05, 3.63) is 34.3 Å².